The smallest absolute Gasteiger partial charge is 0.407 e. The zero-order valence-corrected chi connectivity index (χ0v) is 7.09. The maximum atomic E-state index is 13.2. The topological polar surface area (TPSA) is 38.3 Å². The number of hydrogen-bond donors (Lipinski definition) is 1. The number of nitrogens with one attached hydrogen (secondary N) is 1. The third-order valence-electron chi connectivity index (χ3n) is 2.03. The van der Waals surface area contributed by atoms with Crippen LogP contribution in [0.3, 0.4) is 0 Å². The van der Waals surface area contributed by atoms with Gasteiger partial charge in [0.15, 0.2) is 11.6 Å². The van der Waals surface area contributed by atoms with Crippen molar-refractivity contribution >= 4 is 6.09 Å². The summed E-state index contributed by atoms with van der Waals surface area (Å²) >= 11 is 0. The van der Waals surface area contributed by atoms with Gasteiger partial charge in [0.2, 0.25) is 0 Å². The van der Waals surface area contributed by atoms with Crippen molar-refractivity contribution in [1.82, 2.24) is 5.32 Å². The van der Waals surface area contributed by atoms with Crippen LogP contribution in [0.5, 0.6) is 0 Å². The lowest BCUT2D eigenvalue weighted by Crippen LogP contribution is -2.19. The number of alkyl carbamates (subject to hydrolysis) is 1. The van der Waals surface area contributed by atoms with Gasteiger partial charge >= 0.3 is 6.09 Å². The SMILES string of the molecule is O=C1N[C@@H](c2cccc(F)c2F)CO1. The molecule has 0 aromatic heterocycles. The minimum atomic E-state index is -0.941. The van der Waals surface area contributed by atoms with Crippen molar-refractivity contribution in [2.24, 2.45) is 0 Å². The average molecular weight is 199 g/mol. The highest BCUT2D eigenvalue weighted by Gasteiger charge is 2.26. The van der Waals surface area contributed by atoms with Crippen LogP contribution in [-0.2, 0) is 4.74 Å². The molecule has 74 valence electrons. The molecule has 1 fully saturated rings. The monoisotopic (exact) mass is 199 g/mol. The zero-order valence-electron chi connectivity index (χ0n) is 7.09. The van der Waals surface area contributed by atoms with E-state index < -0.39 is 23.8 Å². The average Bonchev–Trinajstić information content (AvgIpc) is 2.57. The molecule has 0 radical (unpaired) electrons. The lowest BCUT2D eigenvalue weighted by Gasteiger charge is -2.08. The number of cyclic esters (lactones) is 1. The molecule has 1 saturated heterocycles. The van der Waals surface area contributed by atoms with Crippen LogP contribution in [0.4, 0.5) is 13.6 Å². The predicted molar refractivity (Wildman–Crippen MR) is 43.6 cm³/mol. The van der Waals surface area contributed by atoms with Crippen LogP contribution in [-0.4, -0.2) is 12.7 Å². The molecule has 1 N–H and O–H groups in total. The molecule has 0 spiro atoms. The molecule has 1 aliphatic heterocycles. The Morgan fingerprint density at radius 2 is 2.21 bits per heavy atom. The van der Waals surface area contributed by atoms with Crippen molar-refractivity contribution in [3.63, 3.8) is 0 Å². The van der Waals surface area contributed by atoms with Crippen LogP contribution in [0.15, 0.2) is 18.2 Å². The zero-order chi connectivity index (χ0) is 10.1. The van der Waals surface area contributed by atoms with E-state index in [1.54, 1.807) is 0 Å². The second kappa shape index (κ2) is 3.25. The molecule has 14 heavy (non-hydrogen) atoms. The van der Waals surface area contributed by atoms with Gasteiger partial charge in [-0.15, -0.1) is 0 Å². The Labute approximate surface area is 78.7 Å². The first-order chi connectivity index (χ1) is 6.68. The molecule has 0 saturated carbocycles. The molecule has 1 aliphatic rings. The Morgan fingerprint density at radius 3 is 2.86 bits per heavy atom. The summed E-state index contributed by atoms with van der Waals surface area (Å²) in [4.78, 5) is 10.7. The van der Waals surface area contributed by atoms with Crippen LogP contribution in [0.1, 0.15) is 11.6 Å². The second-order valence-electron chi connectivity index (χ2n) is 2.94. The number of amides is 1. The van der Waals surface area contributed by atoms with E-state index >= 15 is 0 Å². The summed E-state index contributed by atoms with van der Waals surface area (Å²) in [7, 11) is 0. The summed E-state index contributed by atoms with van der Waals surface area (Å²) < 4.78 is 30.6. The van der Waals surface area contributed by atoms with Gasteiger partial charge in [-0.05, 0) is 6.07 Å². The maximum Gasteiger partial charge on any atom is 0.407 e. The van der Waals surface area contributed by atoms with Crippen LogP contribution < -0.4 is 5.32 Å². The molecule has 1 heterocycles. The number of ether oxygens (including phenoxy) is 1. The van der Waals surface area contributed by atoms with Crippen molar-refractivity contribution < 1.29 is 18.3 Å². The summed E-state index contributed by atoms with van der Waals surface area (Å²) in [5.41, 5.74) is 0.107. The first-order valence-corrected chi connectivity index (χ1v) is 4.05. The van der Waals surface area contributed by atoms with E-state index in [2.05, 4.69) is 10.1 Å². The van der Waals surface area contributed by atoms with Gasteiger partial charge in [-0.25, -0.2) is 13.6 Å². The van der Waals surface area contributed by atoms with Gasteiger partial charge in [-0.2, -0.15) is 0 Å². The molecule has 0 aliphatic carbocycles. The highest BCUT2D eigenvalue weighted by atomic mass is 19.2. The molecule has 1 atom stereocenters. The van der Waals surface area contributed by atoms with Crippen molar-refractivity contribution in [2.75, 3.05) is 6.61 Å². The van der Waals surface area contributed by atoms with Crippen molar-refractivity contribution in [1.29, 1.82) is 0 Å². The normalized spacial score (nSPS) is 20.4. The van der Waals surface area contributed by atoms with Gasteiger partial charge in [0, 0.05) is 5.56 Å². The number of benzene rings is 1. The maximum absolute atomic E-state index is 13.2. The predicted octanol–water partition coefficient (Wildman–Crippen LogP) is 1.75. The Hall–Kier alpha value is -1.65. The summed E-state index contributed by atoms with van der Waals surface area (Å²) in [6, 6.07) is 3.23. The minimum Gasteiger partial charge on any atom is -0.447 e. The largest absolute Gasteiger partial charge is 0.447 e. The van der Waals surface area contributed by atoms with Gasteiger partial charge in [0.1, 0.15) is 6.61 Å². The number of carbonyl (C=O) groups excluding carboxylic acids is 1. The van der Waals surface area contributed by atoms with E-state index in [-0.39, 0.29) is 12.2 Å². The lowest BCUT2D eigenvalue weighted by molar-refractivity contribution is 0.176. The number of hydrogen-bond acceptors (Lipinski definition) is 2. The van der Waals surface area contributed by atoms with E-state index in [4.69, 9.17) is 0 Å². The number of carbonyl (C=O) groups is 1. The minimum absolute atomic E-state index is 0.0270. The summed E-state index contributed by atoms with van der Waals surface area (Å²) in [5.74, 6) is -1.87. The fraction of sp³-hybridized carbons (Fsp3) is 0.222. The summed E-state index contributed by atoms with van der Waals surface area (Å²) in [6.07, 6.45) is -0.612. The Bertz CT molecular complexity index is 381. The van der Waals surface area contributed by atoms with E-state index in [1.807, 2.05) is 0 Å². The Kier molecular flexibility index (Phi) is 2.07. The van der Waals surface area contributed by atoms with Crippen LogP contribution in [0, 0.1) is 11.6 Å². The molecule has 1 amide bonds. The van der Waals surface area contributed by atoms with Crippen LogP contribution in [0.25, 0.3) is 0 Å². The fourth-order valence-corrected chi connectivity index (χ4v) is 1.34. The molecule has 2 rings (SSSR count). The van der Waals surface area contributed by atoms with Crippen molar-refractivity contribution in [2.45, 2.75) is 6.04 Å². The molecule has 1 aromatic rings. The van der Waals surface area contributed by atoms with Crippen molar-refractivity contribution in [3.8, 4) is 0 Å². The quantitative estimate of drug-likeness (QED) is 0.748. The van der Waals surface area contributed by atoms with Crippen LogP contribution >= 0.6 is 0 Å². The van der Waals surface area contributed by atoms with Crippen LogP contribution in [0.2, 0.25) is 0 Å². The van der Waals surface area contributed by atoms with E-state index in [0.717, 1.165) is 6.07 Å². The molecule has 1 aromatic carbocycles. The molecular formula is C9H7F2NO2. The highest BCUT2D eigenvalue weighted by molar-refractivity contribution is 5.70. The third-order valence-corrected chi connectivity index (χ3v) is 2.03. The summed E-state index contributed by atoms with van der Waals surface area (Å²) in [6.45, 7) is 0.0270. The van der Waals surface area contributed by atoms with Gasteiger partial charge in [-0.3, -0.25) is 0 Å². The molecule has 0 unspecified atom stereocenters. The summed E-state index contributed by atoms with van der Waals surface area (Å²) in [5, 5.41) is 2.37. The van der Waals surface area contributed by atoms with Gasteiger partial charge in [0.25, 0.3) is 0 Å². The molecule has 3 nitrogen and oxygen atoms in total. The molecular weight excluding hydrogens is 192 g/mol. The number of rotatable bonds is 1. The van der Waals surface area contributed by atoms with Gasteiger partial charge in [0.05, 0.1) is 6.04 Å². The Balaban J connectivity index is 2.32. The van der Waals surface area contributed by atoms with E-state index in [9.17, 15) is 13.6 Å². The van der Waals surface area contributed by atoms with E-state index in [0.29, 0.717) is 0 Å². The molecule has 5 heteroatoms. The third kappa shape index (κ3) is 1.41. The number of halogens is 2. The Morgan fingerprint density at radius 1 is 1.43 bits per heavy atom. The highest BCUT2D eigenvalue weighted by Crippen LogP contribution is 2.22. The van der Waals surface area contributed by atoms with Gasteiger partial charge < -0.3 is 10.1 Å². The fourth-order valence-electron chi connectivity index (χ4n) is 1.34. The first-order valence-electron chi connectivity index (χ1n) is 4.05. The lowest BCUT2D eigenvalue weighted by atomic mass is 10.1. The molecule has 0 bridgehead atoms. The van der Waals surface area contributed by atoms with Crippen molar-refractivity contribution in [3.05, 3.63) is 35.4 Å². The van der Waals surface area contributed by atoms with Gasteiger partial charge in [-0.1, -0.05) is 12.1 Å². The standard InChI is InChI=1S/C9H7F2NO2/c10-6-3-1-2-5(8(6)11)7-4-14-9(13)12-7/h1-3,7H,4H2,(H,12,13)/t7-/m1/s1. The second-order valence-corrected chi connectivity index (χ2v) is 2.94. The van der Waals surface area contributed by atoms with E-state index in [1.165, 1.54) is 12.1 Å². The first kappa shape index (κ1) is 8.93.